The maximum Gasteiger partial charge on any atom is 0.286 e. The number of hydrogen-bond donors (Lipinski definition) is 2. The second-order valence-corrected chi connectivity index (χ2v) is 5.47. The highest BCUT2D eigenvalue weighted by molar-refractivity contribution is 7.17. The van der Waals surface area contributed by atoms with Crippen LogP contribution >= 0.6 is 11.3 Å². The van der Waals surface area contributed by atoms with E-state index in [4.69, 9.17) is 4.74 Å². The smallest absolute Gasteiger partial charge is 0.286 e. The number of hydrogen-bond acceptors (Lipinski definition) is 6. The molecule has 0 atom stereocenters. The van der Waals surface area contributed by atoms with E-state index in [9.17, 15) is 4.79 Å². The van der Waals surface area contributed by atoms with Gasteiger partial charge in [0, 0.05) is 6.54 Å². The summed E-state index contributed by atoms with van der Waals surface area (Å²) in [7, 11) is 1.57. The third kappa shape index (κ3) is 3.91. The van der Waals surface area contributed by atoms with E-state index < -0.39 is 0 Å². The van der Waals surface area contributed by atoms with Crippen molar-refractivity contribution in [2.45, 2.75) is 20.3 Å². The van der Waals surface area contributed by atoms with E-state index in [0.29, 0.717) is 21.6 Å². The molecule has 6 nitrogen and oxygen atoms in total. The highest BCUT2D eigenvalue weighted by Crippen LogP contribution is 2.26. The van der Waals surface area contributed by atoms with Crippen molar-refractivity contribution in [2.75, 3.05) is 24.3 Å². The molecule has 1 amide bonds. The van der Waals surface area contributed by atoms with Gasteiger partial charge < -0.3 is 15.4 Å². The lowest BCUT2D eigenvalue weighted by Gasteiger charge is -2.09. The third-order valence-corrected chi connectivity index (χ3v) is 3.63. The van der Waals surface area contributed by atoms with Gasteiger partial charge in [0.2, 0.25) is 10.1 Å². The van der Waals surface area contributed by atoms with Crippen LogP contribution in [0, 0.1) is 6.92 Å². The molecule has 1 aromatic heterocycles. The zero-order valence-corrected chi connectivity index (χ0v) is 13.1. The van der Waals surface area contributed by atoms with Crippen molar-refractivity contribution in [1.29, 1.82) is 0 Å². The number of nitrogens with zero attached hydrogens (tertiary/aromatic N) is 2. The van der Waals surface area contributed by atoms with Crippen molar-refractivity contribution in [3.63, 3.8) is 0 Å². The van der Waals surface area contributed by atoms with Crippen LogP contribution in [-0.2, 0) is 0 Å². The first-order valence-corrected chi connectivity index (χ1v) is 7.49. The van der Waals surface area contributed by atoms with E-state index in [0.717, 1.165) is 18.5 Å². The molecular weight excluding hydrogens is 288 g/mol. The van der Waals surface area contributed by atoms with Crippen LogP contribution in [0.5, 0.6) is 5.75 Å². The van der Waals surface area contributed by atoms with E-state index in [-0.39, 0.29) is 5.91 Å². The minimum absolute atomic E-state index is 0.291. The molecule has 2 aromatic rings. The van der Waals surface area contributed by atoms with Crippen molar-refractivity contribution in [1.82, 2.24) is 10.2 Å². The Morgan fingerprint density at radius 2 is 2.19 bits per heavy atom. The number of aromatic nitrogens is 2. The van der Waals surface area contributed by atoms with Crippen LogP contribution in [0.15, 0.2) is 18.2 Å². The number of methoxy groups -OCH3 is 1. The molecule has 0 bridgehead atoms. The maximum atomic E-state index is 12.2. The predicted molar refractivity (Wildman–Crippen MR) is 84.4 cm³/mol. The quantitative estimate of drug-likeness (QED) is 0.858. The number of anilines is 2. The zero-order chi connectivity index (χ0) is 15.2. The van der Waals surface area contributed by atoms with E-state index in [1.807, 2.05) is 25.1 Å². The van der Waals surface area contributed by atoms with Crippen LogP contribution in [0.25, 0.3) is 0 Å². The molecule has 0 spiro atoms. The molecule has 0 aliphatic heterocycles. The summed E-state index contributed by atoms with van der Waals surface area (Å²) in [6.07, 6.45) is 0.988. The molecular formula is C14H18N4O2S. The first-order valence-electron chi connectivity index (χ1n) is 6.67. The normalized spacial score (nSPS) is 10.2. The summed E-state index contributed by atoms with van der Waals surface area (Å²) in [5.41, 5.74) is 1.66. The van der Waals surface area contributed by atoms with Crippen molar-refractivity contribution in [2.24, 2.45) is 0 Å². The van der Waals surface area contributed by atoms with Gasteiger partial charge in [-0.25, -0.2) is 0 Å². The monoisotopic (exact) mass is 306 g/mol. The second-order valence-electron chi connectivity index (χ2n) is 4.50. The molecule has 2 rings (SSSR count). The van der Waals surface area contributed by atoms with Gasteiger partial charge in [-0.15, -0.1) is 10.2 Å². The maximum absolute atomic E-state index is 12.2. The van der Waals surface area contributed by atoms with Crippen LogP contribution < -0.4 is 15.4 Å². The van der Waals surface area contributed by atoms with E-state index in [1.165, 1.54) is 11.3 Å². The SMILES string of the molecule is CCCNc1nnc(C(=O)Nc2cc(C)ccc2OC)s1. The van der Waals surface area contributed by atoms with Crippen molar-refractivity contribution in [3.8, 4) is 5.75 Å². The van der Waals surface area contributed by atoms with Crippen LogP contribution in [-0.4, -0.2) is 29.8 Å². The Balaban J connectivity index is 2.10. The van der Waals surface area contributed by atoms with Gasteiger partial charge >= 0.3 is 0 Å². The molecule has 1 heterocycles. The predicted octanol–water partition coefficient (Wildman–Crippen LogP) is 2.93. The fourth-order valence-electron chi connectivity index (χ4n) is 1.71. The summed E-state index contributed by atoms with van der Waals surface area (Å²) in [6.45, 7) is 4.82. The molecule has 0 aliphatic carbocycles. The molecule has 1 aromatic carbocycles. The summed E-state index contributed by atoms with van der Waals surface area (Å²) in [6, 6.07) is 5.60. The average Bonchev–Trinajstić information content (AvgIpc) is 2.94. The lowest BCUT2D eigenvalue weighted by molar-refractivity contribution is 0.102. The van der Waals surface area contributed by atoms with Crippen molar-refractivity contribution in [3.05, 3.63) is 28.8 Å². The van der Waals surface area contributed by atoms with E-state index in [2.05, 4.69) is 27.8 Å². The van der Waals surface area contributed by atoms with Gasteiger partial charge in [0.05, 0.1) is 12.8 Å². The molecule has 2 N–H and O–H groups in total. The van der Waals surface area contributed by atoms with Gasteiger partial charge in [-0.1, -0.05) is 24.3 Å². The third-order valence-electron chi connectivity index (χ3n) is 2.75. The van der Waals surface area contributed by atoms with Crippen LogP contribution in [0.2, 0.25) is 0 Å². The highest BCUT2D eigenvalue weighted by atomic mass is 32.1. The summed E-state index contributed by atoms with van der Waals surface area (Å²) in [5, 5.41) is 14.7. The topological polar surface area (TPSA) is 76.1 Å². The van der Waals surface area contributed by atoms with Crippen LogP contribution in [0.3, 0.4) is 0 Å². The summed E-state index contributed by atoms with van der Waals surface area (Å²) in [5.74, 6) is 0.323. The number of carbonyl (C=O) groups excluding carboxylic acids is 1. The van der Waals surface area contributed by atoms with Gasteiger partial charge in [0.1, 0.15) is 5.75 Å². The Labute approximate surface area is 127 Å². The first-order chi connectivity index (χ1) is 10.1. The number of carbonyl (C=O) groups is 1. The number of benzene rings is 1. The Bertz CT molecular complexity index is 627. The molecule has 0 fully saturated rings. The summed E-state index contributed by atoms with van der Waals surface area (Å²) >= 11 is 1.23. The van der Waals surface area contributed by atoms with Gasteiger partial charge in [0.25, 0.3) is 5.91 Å². The number of amides is 1. The fraction of sp³-hybridized carbons (Fsp3) is 0.357. The first kappa shape index (κ1) is 15.2. The Kier molecular flexibility index (Phi) is 5.10. The van der Waals surface area contributed by atoms with Gasteiger partial charge in [-0.3, -0.25) is 4.79 Å². The number of aryl methyl sites for hydroxylation is 1. The van der Waals surface area contributed by atoms with Crippen molar-refractivity contribution < 1.29 is 9.53 Å². The van der Waals surface area contributed by atoms with Gasteiger partial charge in [-0.2, -0.15) is 0 Å². The average molecular weight is 306 g/mol. The zero-order valence-electron chi connectivity index (χ0n) is 12.3. The lowest BCUT2D eigenvalue weighted by atomic mass is 10.2. The van der Waals surface area contributed by atoms with Gasteiger partial charge in [0.15, 0.2) is 0 Å². The van der Waals surface area contributed by atoms with E-state index in [1.54, 1.807) is 7.11 Å². The molecule has 0 unspecified atom stereocenters. The van der Waals surface area contributed by atoms with Gasteiger partial charge in [-0.05, 0) is 31.0 Å². The highest BCUT2D eigenvalue weighted by Gasteiger charge is 2.15. The standard InChI is InChI=1S/C14H18N4O2S/c1-4-7-15-14-18-17-13(21-14)12(19)16-10-8-9(2)5-6-11(10)20-3/h5-6,8H,4,7H2,1-3H3,(H,15,18)(H,16,19). The molecule has 21 heavy (non-hydrogen) atoms. The van der Waals surface area contributed by atoms with Crippen molar-refractivity contribution >= 4 is 28.1 Å². The fourth-order valence-corrected chi connectivity index (χ4v) is 2.38. The molecule has 0 saturated heterocycles. The summed E-state index contributed by atoms with van der Waals surface area (Å²) < 4.78 is 5.24. The number of rotatable bonds is 6. The molecule has 0 aliphatic rings. The van der Waals surface area contributed by atoms with E-state index >= 15 is 0 Å². The Morgan fingerprint density at radius 3 is 2.90 bits per heavy atom. The number of nitrogens with one attached hydrogen (secondary N) is 2. The molecule has 7 heteroatoms. The Hall–Kier alpha value is -2.15. The minimum Gasteiger partial charge on any atom is -0.495 e. The number of ether oxygens (including phenoxy) is 1. The molecule has 0 radical (unpaired) electrons. The van der Waals surface area contributed by atoms with Crippen LogP contribution in [0.4, 0.5) is 10.8 Å². The minimum atomic E-state index is -0.291. The van der Waals surface area contributed by atoms with Crippen LogP contribution in [0.1, 0.15) is 28.7 Å². The largest absolute Gasteiger partial charge is 0.495 e. The molecule has 0 saturated carbocycles. The Morgan fingerprint density at radius 1 is 1.38 bits per heavy atom. The second kappa shape index (κ2) is 7.03. The lowest BCUT2D eigenvalue weighted by Crippen LogP contribution is -2.12. The molecule has 112 valence electrons. The summed E-state index contributed by atoms with van der Waals surface area (Å²) in [4.78, 5) is 12.2.